The van der Waals surface area contributed by atoms with Crippen LogP contribution in [0.4, 0.5) is 5.69 Å². The molecule has 2 unspecified atom stereocenters. The first-order chi connectivity index (χ1) is 8.67. The SMILES string of the molecule is CCC1CC(CO)(Nc2cccc(Br)c2)CCO1. The number of benzene rings is 1. The van der Waals surface area contributed by atoms with Crippen LogP contribution in [0.2, 0.25) is 0 Å². The molecule has 4 heteroatoms. The number of anilines is 1. The van der Waals surface area contributed by atoms with E-state index in [1.165, 1.54) is 0 Å². The van der Waals surface area contributed by atoms with E-state index >= 15 is 0 Å². The van der Waals surface area contributed by atoms with Crippen LogP contribution < -0.4 is 5.32 Å². The maximum Gasteiger partial charge on any atom is 0.0663 e. The number of ether oxygens (including phenoxy) is 1. The zero-order chi connectivity index (χ0) is 13.0. The van der Waals surface area contributed by atoms with Gasteiger partial charge in [-0.3, -0.25) is 0 Å². The van der Waals surface area contributed by atoms with Crippen molar-refractivity contribution in [1.29, 1.82) is 0 Å². The summed E-state index contributed by atoms with van der Waals surface area (Å²) in [4.78, 5) is 0. The molecule has 0 radical (unpaired) electrons. The summed E-state index contributed by atoms with van der Waals surface area (Å²) >= 11 is 3.46. The van der Waals surface area contributed by atoms with Gasteiger partial charge >= 0.3 is 0 Å². The lowest BCUT2D eigenvalue weighted by atomic mass is 9.86. The second-order valence-electron chi connectivity index (χ2n) is 4.93. The van der Waals surface area contributed by atoms with Crippen molar-refractivity contribution in [3.05, 3.63) is 28.7 Å². The molecule has 1 aromatic rings. The standard InChI is InChI=1S/C14H20BrNO2/c1-2-13-9-14(10-17,6-7-18-13)16-12-5-3-4-11(15)8-12/h3-5,8,13,16-17H,2,6-7,9-10H2,1H3. The van der Waals surface area contributed by atoms with Gasteiger partial charge in [0.1, 0.15) is 0 Å². The summed E-state index contributed by atoms with van der Waals surface area (Å²) in [6, 6.07) is 8.05. The smallest absolute Gasteiger partial charge is 0.0663 e. The fourth-order valence-corrected chi connectivity index (χ4v) is 2.85. The van der Waals surface area contributed by atoms with Gasteiger partial charge in [-0.15, -0.1) is 0 Å². The molecule has 2 N–H and O–H groups in total. The van der Waals surface area contributed by atoms with Crippen molar-refractivity contribution in [2.45, 2.75) is 37.8 Å². The Hall–Kier alpha value is -0.580. The van der Waals surface area contributed by atoms with Crippen molar-refractivity contribution in [3.8, 4) is 0 Å². The topological polar surface area (TPSA) is 41.5 Å². The van der Waals surface area contributed by atoms with Crippen molar-refractivity contribution >= 4 is 21.6 Å². The van der Waals surface area contributed by atoms with Crippen molar-refractivity contribution in [2.75, 3.05) is 18.5 Å². The minimum absolute atomic E-state index is 0.138. The maximum absolute atomic E-state index is 9.76. The molecule has 2 rings (SSSR count). The van der Waals surface area contributed by atoms with E-state index in [1.807, 2.05) is 24.3 Å². The molecule has 0 aromatic heterocycles. The van der Waals surface area contributed by atoms with Crippen LogP contribution in [0.5, 0.6) is 0 Å². The Morgan fingerprint density at radius 3 is 3.06 bits per heavy atom. The van der Waals surface area contributed by atoms with Crippen LogP contribution in [-0.2, 0) is 4.74 Å². The number of nitrogens with one attached hydrogen (secondary N) is 1. The molecule has 100 valence electrons. The van der Waals surface area contributed by atoms with E-state index in [2.05, 4.69) is 28.2 Å². The zero-order valence-corrected chi connectivity index (χ0v) is 12.2. The van der Waals surface area contributed by atoms with Crippen LogP contribution in [-0.4, -0.2) is 30.0 Å². The van der Waals surface area contributed by atoms with Gasteiger partial charge in [-0.25, -0.2) is 0 Å². The number of rotatable bonds is 4. The summed E-state index contributed by atoms with van der Waals surface area (Å²) in [5.41, 5.74) is 0.787. The predicted molar refractivity (Wildman–Crippen MR) is 76.8 cm³/mol. The molecular weight excluding hydrogens is 294 g/mol. The highest BCUT2D eigenvalue weighted by Crippen LogP contribution is 2.30. The molecule has 1 aliphatic rings. The van der Waals surface area contributed by atoms with E-state index in [1.54, 1.807) is 0 Å². The minimum Gasteiger partial charge on any atom is -0.394 e. The molecule has 1 fully saturated rings. The van der Waals surface area contributed by atoms with Crippen LogP contribution in [0.25, 0.3) is 0 Å². The minimum atomic E-state index is -0.250. The summed E-state index contributed by atoms with van der Waals surface area (Å²) in [7, 11) is 0. The first-order valence-corrected chi connectivity index (χ1v) is 7.23. The van der Waals surface area contributed by atoms with Gasteiger partial charge in [0, 0.05) is 16.8 Å². The van der Waals surface area contributed by atoms with Crippen LogP contribution in [0.3, 0.4) is 0 Å². The quantitative estimate of drug-likeness (QED) is 0.897. The third-order valence-electron chi connectivity index (χ3n) is 3.54. The van der Waals surface area contributed by atoms with E-state index in [4.69, 9.17) is 4.74 Å². The lowest BCUT2D eigenvalue weighted by Crippen LogP contribution is -2.49. The van der Waals surface area contributed by atoms with Gasteiger partial charge in [0.05, 0.1) is 18.2 Å². The van der Waals surface area contributed by atoms with Gasteiger partial charge in [-0.2, -0.15) is 0 Å². The Kier molecular flexibility index (Phi) is 4.65. The highest BCUT2D eigenvalue weighted by molar-refractivity contribution is 9.10. The normalized spacial score (nSPS) is 28.1. The van der Waals surface area contributed by atoms with E-state index < -0.39 is 0 Å². The monoisotopic (exact) mass is 313 g/mol. The van der Waals surface area contributed by atoms with Gasteiger partial charge in [0.15, 0.2) is 0 Å². The largest absolute Gasteiger partial charge is 0.394 e. The van der Waals surface area contributed by atoms with Crippen molar-refractivity contribution < 1.29 is 9.84 Å². The van der Waals surface area contributed by atoms with Crippen LogP contribution in [0.1, 0.15) is 26.2 Å². The third-order valence-corrected chi connectivity index (χ3v) is 4.04. The summed E-state index contributed by atoms with van der Waals surface area (Å²) in [5, 5.41) is 13.2. The van der Waals surface area contributed by atoms with E-state index in [0.717, 1.165) is 29.4 Å². The highest BCUT2D eigenvalue weighted by atomic mass is 79.9. The predicted octanol–water partition coefficient (Wildman–Crippen LogP) is 3.18. The zero-order valence-electron chi connectivity index (χ0n) is 10.7. The lowest BCUT2D eigenvalue weighted by molar-refractivity contribution is -0.0273. The van der Waals surface area contributed by atoms with Crippen LogP contribution in [0.15, 0.2) is 28.7 Å². The van der Waals surface area contributed by atoms with Crippen LogP contribution >= 0.6 is 15.9 Å². The van der Waals surface area contributed by atoms with Crippen LogP contribution in [0, 0.1) is 0 Å². The lowest BCUT2D eigenvalue weighted by Gasteiger charge is -2.41. The summed E-state index contributed by atoms with van der Waals surface area (Å²) in [6.45, 7) is 2.97. The summed E-state index contributed by atoms with van der Waals surface area (Å²) in [6.07, 6.45) is 2.92. The van der Waals surface area contributed by atoms with Gasteiger partial charge in [0.2, 0.25) is 0 Å². The molecule has 2 atom stereocenters. The van der Waals surface area contributed by atoms with Gasteiger partial charge in [0.25, 0.3) is 0 Å². The van der Waals surface area contributed by atoms with Crippen molar-refractivity contribution in [2.24, 2.45) is 0 Å². The van der Waals surface area contributed by atoms with E-state index in [9.17, 15) is 5.11 Å². The molecule has 0 amide bonds. The molecular formula is C14H20BrNO2. The van der Waals surface area contributed by atoms with Gasteiger partial charge in [-0.05, 0) is 37.5 Å². The van der Waals surface area contributed by atoms with Gasteiger partial charge in [-0.1, -0.05) is 28.9 Å². The average Bonchev–Trinajstić information content (AvgIpc) is 2.39. The Morgan fingerprint density at radius 2 is 2.39 bits per heavy atom. The number of hydrogen-bond acceptors (Lipinski definition) is 3. The summed E-state index contributed by atoms with van der Waals surface area (Å²) < 4.78 is 6.73. The fraction of sp³-hybridized carbons (Fsp3) is 0.571. The first-order valence-electron chi connectivity index (χ1n) is 6.44. The average molecular weight is 314 g/mol. The second-order valence-corrected chi connectivity index (χ2v) is 5.84. The molecule has 1 saturated heterocycles. The Morgan fingerprint density at radius 1 is 1.56 bits per heavy atom. The van der Waals surface area contributed by atoms with Crippen molar-refractivity contribution in [3.63, 3.8) is 0 Å². The molecule has 0 bridgehead atoms. The number of aliphatic hydroxyl groups excluding tert-OH is 1. The molecule has 0 aliphatic carbocycles. The highest BCUT2D eigenvalue weighted by Gasteiger charge is 2.35. The molecule has 3 nitrogen and oxygen atoms in total. The molecule has 0 saturated carbocycles. The second kappa shape index (κ2) is 6.04. The Labute approximate surface area is 117 Å². The van der Waals surface area contributed by atoms with Gasteiger partial charge < -0.3 is 15.2 Å². The molecule has 1 aliphatic heterocycles. The molecule has 1 heterocycles. The number of hydrogen-bond donors (Lipinski definition) is 2. The third kappa shape index (κ3) is 3.25. The number of aliphatic hydroxyl groups is 1. The fourth-order valence-electron chi connectivity index (χ4n) is 2.45. The molecule has 18 heavy (non-hydrogen) atoms. The number of halogens is 1. The summed E-state index contributed by atoms with van der Waals surface area (Å²) in [5.74, 6) is 0. The Balaban J connectivity index is 2.12. The first kappa shape index (κ1) is 13.8. The Bertz CT molecular complexity index is 399. The molecule has 0 spiro atoms. The van der Waals surface area contributed by atoms with E-state index in [-0.39, 0.29) is 18.2 Å². The molecule has 1 aromatic carbocycles. The maximum atomic E-state index is 9.76. The van der Waals surface area contributed by atoms with E-state index in [0.29, 0.717) is 6.61 Å². The van der Waals surface area contributed by atoms with Crippen molar-refractivity contribution in [1.82, 2.24) is 0 Å².